The predicted octanol–water partition coefficient (Wildman–Crippen LogP) is 3.55. The number of nitrogens with zero attached hydrogens (tertiary/aromatic N) is 1. The summed E-state index contributed by atoms with van der Waals surface area (Å²) < 4.78 is 5.51. The average molecular weight is 276 g/mol. The quantitative estimate of drug-likeness (QED) is 0.788. The van der Waals surface area contributed by atoms with Crippen LogP contribution in [0.3, 0.4) is 0 Å². The van der Waals surface area contributed by atoms with Crippen molar-refractivity contribution in [3.05, 3.63) is 29.3 Å². The van der Waals surface area contributed by atoms with E-state index in [4.69, 9.17) is 4.74 Å². The molecule has 1 aliphatic heterocycles. The Morgan fingerprint density at radius 2 is 2.10 bits per heavy atom. The van der Waals surface area contributed by atoms with Gasteiger partial charge in [-0.3, -0.25) is 4.90 Å². The van der Waals surface area contributed by atoms with Crippen LogP contribution in [0.4, 0.5) is 10.5 Å². The second-order valence-electron chi connectivity index (χ2n) is 6.50. The van der Waals surface area contributed by atoms with Crippen LogP contribution < -0.4 is 5.32 Å². The Balaban J connectivity index is 2.23. The molecule has 4 nitrogen and oxygen atoms in total. The molecule has 1 heterocycles. The highest BCUT2D eigenvalue weighted by Crippen LogP contribution is 2.25. The van der Waals surface area contributed by atoms with Crippen molar-refractivity contribution in [2.24, 2.45) is 0 Å². The average Bonchev–Trinajstić information content (AvgIpc) is 2.47. The summed E-state index contributed by atoms with van der Waals surface area (Å²) in [5, 5.41) is 3.40. The molecule has 0 saturated heterocycles. The second-order valence-corrected chi connectivity index (χ2v) is 6.50. The van der Waals surface area contributed by atoms with Crippen LogP contribution in [0.25, 0.3) is 0 Å². The Bertz CT molecular complexity index is 506. The summed E-state index contributed by atoms with van der Waals surface area (Å²) in [6.07, 6.45) is -0.249. The third-order valence-electron chi connectivity index (χ3n) is 3.35. The molecule has 0 bridgehead atoms. The summed E-state index contributed by atoms with van der Waals surface area (Å²) in [4.78, 5) is 14.1. The van der Waals surface area contributed by atoms with E-state index in [-0.39, 0.29) is 12.1 Å². The summed E-state index contributed by atoms with van der Waals surface area (Å²) in [7, 11) is 0. The Morgan fingerprint density at radius 1 is 1.40 bits per heavy atom. The van der Waals surface area contributed by atoms with Crippen LogP contribution in [-0.4, -0.2) is 29.2 Å². The minimum atomic E-state index is -0.466. The van der Waals surface area contributed by atoms with Gasteiger partial charge in [-0.2, -0.15) is 0 Å². The number of nitrogens with one attached hydrogen (secondary N) is 1. The zero-order valence-electron chi connectivity index (χ0n) is 13.0. The van der Waals surface area contributed by atoms with Gasteiger partial charge in [0.25, 0.3) is 0 Å². The lowest BCUT2D eigenvalue weighted by Crippen LogP contribution is -2.43. The van der Waals surface area contributed by atoms with Crippen molar-refractivity contribution in [2.45, 2.75) is 52.8 Å². The van der Waals surface area contributed by atoms with E-state index in [0.29, 0.717) is 6.54 Å². The number of carbonyl (C=O) groups is 1. The van der Waals surface area contributed by atoms with Gasteiger partial charge in [-0.1, -0.05) is 17.7 Å². The Hall–Kier alpha value is -1.71. The number of hydrogen-bond acceptors (Lipinski definition) is 3. The number of benzene rings is 1. The molecule has 0 fully saturated rings. The van der Waals surface area contributed by atoms with Crippen LogP contribution in [0.5, 0.6) is 0 Å². The van der Waals surface area contributed by atoms with Crippen LogP contribution in [-0.2, 0) is 11.3 Å². The van der Waals surface area contributed by atoms with Gasteiger partial charge in [-0.05, 0) is 46.2 Å². The number of fused-ring (bicyclic) bond motifs is 1. The van der Waals surface area contributed by atoms with Gasteiger partial charge in [-0.25, -0.2) is 4.79 Å². The maximum absolute atomic E-state index is 12.3. The van der Waals surface area contributed by atoms with Crippen molar-refractivity contribution in [1.82, 2.24) is 4.90 Å². The van der Waals surface area contributed by atoms with Crippen LogP contribution in [0.2, 0.25) is 0 Å². The Kier molecular flexibility index (Phi) is 3.93. The highest BCUT2D eigenvalue weighted by Gasteiger charge is 2.28. The summed E-state index contributed by atoms with van der Waals surface area (Å²) in [5.41, 5.74) is 2.98. The van der Waals surface area contributed by atoms with E-state index in [0.717, 1.165) is 17.8 Å². The predicted molar refractivity (Wildman–Crippen MR) is 80.9 cm³/mol. The molecule has 1 aliphatic rings. The van der Waals surface area contributed by atoms with E-state index in [1.165, 1.54) is 5.56 Å². The molecule has 0 spiro atoms. The number of ether oxygens (including phenoxy) is 1. The zero-order valence-corrected chi connectivity index (χ0v) is 13.0. The minimum Gasteiger partial charge on any atom is -0.444 e. The molecular weight excluding hydrogens is 252 g/mol. The lowest BCUT2D eigenvalue weighted by Gasteiger charge is -2.30. The van der Waals surface area contributed by atoms with Crippen LogP contribution >= 0.6 is 0 Å². The normalized spacial score (nSPS) is 18.9. The van der Waals surface area contributed by atoms with Gasteiger partial charge in [0, 0.05) is 18.3 Å². The number of carbonyl (C=O) groups excluding carboxylic acids is 1. The van der Waals surface area contributed by atoms with Gasteiger partial charge in [0.05, 0.1) is 6.54 Å². The summed E-state index contributed by atoms with van der Waals surface area (Å²) in [6, 6.07) is 6.38. The molecule has 1 N–H and O–H groups in total. The molecule has 1 atom stereocenters. The van der Waals surface area contributed by atoms with E-state index in [9.17, 15) is 4.79 Å². The van der Waals surface area contributed by atoms with E-state index in [1.807, 2.05) is 27.7 Å². The monoisotopic (exact) mass is 276 g/mol. The minimum absolute atomic E-state index is 0.0950. The van der Waals surface area contributed by atoms with E-state index in [1.54, 1.807) is 4.90 Å². The maximum Gasteiger partial charge on any atom is 0.410 e. The molecule has 1 aromatic carbocycles. The highest BCUT2D eigenvalue weighted by molar-refractivity contribution is 5.70. The highest BCUT2D eigenvalue weighted by atomic mass is 16.6. The van der Waals surface area contributed by atoms with Crippen molar-refractivity contribution in [3.63, 3.8) is 0 Å². The first kappa shape index (κ1) is 14.7. The van der Waals surface area contributed by atoms with Crippen LogP contribution in [0.15, 0.2) is 18.2 Å². The summed E-state index contributed by atoms with van der Waals surface area (Å²) in [5.74, 6) is 0. The molecule has 20 heavy (non-hydrogen) atoms. The second kappa shape index (κ2) is 5.35. The SMILES string of the molecule is Cc1ccc2c(c1)CN(C(=O)OC(C)(C)C)[C@@H](C)CN2. The molecule has 0 unspecified atom stereocenters. The fourth-order valence-corrected chi connectivity index (χ4v) is 2.30. The molecule has 0 aliphatic carbocycles. The zero-order chi connectivity index (χ0) is 14.9. The molecule has 0 aromatic heterocycles. The third kappa shape index (κ3) is 3.44. The molecule has 0 radical (unpaired) electrons. The van der Waals surface area contributed by atoms with Gasteiger partial charge in [0.2, 0.25) is 0 Å². The summed E-state index contributed by atoms with van der Waals surface area (Å²) >= 11 is 0. The largest absolute Gasteiger partial charge is 0.444 e. The lowest BCUT2D eigenvalue weighted by molar-refractivity contribution is 0.0172. The van der Waals surface area contributed by atoms with Gasteiger partial charge in [0.15, 0.2) is 0 Å². The standard InChI is InChI=1S/C16H24N2O2/c1-11-6-7-14-13(8-11)10-18(12(2)9-17-14)15(19)20-16(3,4)5/h6-8,12,17H,9-10H2,1-5H3/t12-/m0/s1. The molecule has 1 aromatic rings. The van der Waals surface area contributed by atoms with Crippen LogP contribution in [0.1, 0.15) is 38.8 Å². The molecule has 1 amide bonds. The van der Waals surface area contributed by atoms with Crippen molar-refractivity contribution < 1.29 is 9.53 Å². The first-order valence-electron chi connectivity index (χ1n) is 7.09. The number of rotatable bonds is 0. The first-order valence-corrected chi connectivity index (χ1v) is 7.09. The van der Waals surface area contributed by atoms with Crippen LogP contribution in [0, 0.1) is 6.92 Å². The Labute approximate surface area is 121 Å². The van der Waals surface area contributed by atoms with Gasteiger partial charge >= 0.3 is 6.09 Å². The summed E-state index contributed by atoms with van der Waals surface area (Å²) in [6.45, 7) is 11.1. The van der Waals surface area contributed by atoms with Gasteiger partial charge in [0.1, 0.15) is 5.60 Å². The smallest absolute Gasteiger partial charge is 0.410 e. The number of hydrogen-bond donors (Lipinski definition) is 1. The molecule has 4 heteroatoms. The van der Waals surface area contributed by atoms with E-state index < -0.39 is 5.60 Å². The van der Waals surface area contributed by atoms with Crippen molar-refractivity contribution in [3.8, 4) is 0 Å². The topological polar surface area (TPSA) is 41.6 Å². The molecule has 2 rings (SSSR count). The number of aryl methyl sites for hydroxylation is 1. The fraction of sp³-hybridized carbons (Fsp3) is 0.562. The van der Waals surface area contributed by atoms with E-state index >= 15 is 0 Å². The fourth-order valence-electron chi connectivity index (χ4n) is 2.30. The lowest BCUT2D eigenvalue weighted by atomic mass is 10.1. The van der Waals surface area contributed by atoms with Crippen molar-refractivity contribution >= 4 is 11.8 Å². The maximum atomic E-state index is 12.3. The molecular formula is C16H24N2O2. The molecule has 110 valence electrons. The Morgan fingerprint density at radius 3 is 2.75 bits per heavy atom. The van der Waals surface area contributed by atoms with Crippen molar-refractivity contribution in [2.75, 3.05) is 11.9 Å². The van der Waals surface area contributed by atoms with Gasteiger partial charge in [-0.15, -0.1) is 0 Å². The first-order chi connectivity index (χ1) is 9.26. The third-order valence-corrected chi connectivity index (χ3v) is 3.35. The molecule has 0 saturated carbocycles. The van der Waals surface area contributed by atoms with Crippen molar-refractivity contribution in [1.29, 1.82) is 0 Å². The van der Waals surface area contributed by atoms with E-state index in [2.05, 4.69) is 30.4 Å². The van der Waals surface area contributed by atoms with Gasteiger partial charge < -0.3 is 10.1 Å². The number of amides is 1. The number of anilines is 1.